The van der Waals surface area contributed by atoms with E-state index in [1.165, 1.54) is 18.4 Å². The highest BCUT2D eigenvalue weighted by molar-refractivity contribution is 5.38. The zero-order chi connectivity index (χ0) is 16.1. The summed E-state index contributed by atoms with van der Waals surface area (Å²) in [5, 5.41) is 0. The van der Waals surface area contributed by atoms with E-state index >= 15 is 0 Å². The molecule has 0 radical (unpaired) electrons. The van der Waals surface area contributed by atoms with Crippen molar-refractivity contribution in [2.24, 2.45) is 5.41 Å². The lowest BCUT2D eigenvalue weighted by Gasteiger charge is -2.39. The summed E-state index contributed by atoms with van der Waals surface area (Å²) in [4.78, 5) is 2.55. The number of hydrogen-bond donors (Lipinski definition) is 0. The summed E-state index contributed by atoms with van der Waals surface area (Å²) < 4.78 is 5.56. The number of ether oxygens (including phenoxy) is 1. The van der Waals surface area contributed by atoms with Gasteiger partial charge < -0.3 is 4.74 Å². The standard InChI is InChI=1S/C19H33NO/c1-8-20(15-11-14-18(2,3)4)19(5,6)16-12-9-10-13-17(16)21-7/h9-10,12-13H,8,11,14-15H2,1-7H3. The van der Waals surface area contributed by atoms with Gasteiger partial charge in [-0.2, -0.15) is 0 Å². The predicted molar refractivity (Wildman–Crippen MR) is 92.0 cm³/mol. The van der Waals surface area contributed by atoms with Crippen LogP contribution in [0.15, 0.2) is 24.3 Å². The summed E-state index contributed by atoms with van der Waals surface area (Å²) in [6, 6.07) is 8.38. The van der Waals surface area contributed by atoms with Gasteiger partial charge in [0.05, 0.1) is 7.11 Å². The largest absolute Gasteiger partial charge is 0.496 e. The van der Waals surface area contributed by atoms with Gasteiger partial charge in [-0.05, 0) is 51.3 Å². The lowest BCUT2D eigenvalue weighted by Crippen LogP contribution is -2.42. The molecule has 0 aromatic heterocycles. The Balaban J connectivity index is 2.86. The second-order valence-corrected chi connectivity index (χ2v) is 7.50. The van der Waals surface area contributed by atoms with Gasteiger partial charge in [0.2, 0.25) is 0 Å². The third kappa shape index (κ3) is 5.03. The smallest absolute Gasteiger partial charge is 0.123 e. The average molecular weight is 291 g/mol. The lowest BCUT2D eigenvalue weighted by molar-refractivity contribution is 0.116. The predicted octanol–water partition coefficient (Wildman–Crippen LogP) is 5.08. The average Bonchev–Trinajstić information content (AvgIpc) is 2.42. The lowest BCUT2D eigenvalue weighted by atomic mass is 9.88. The van der Waals surface area contributed by atoms with Crippen molar-refractivity contribution in [3.63, 3.8) is 0 Å². The molecule has 1 rings (SSSR count). The number of hydrogen-bond acceptors (Lipinski definition) is 2. The minimum Gasteiger partial charge on any atom is -0.496 e. The zero-order valence-electron chi connectivity index (χ0n) is 15.0. The molecule has 0 aliphatic carbocycles. The number of benzene rings is 1. The van der Waals surface area contributed by atoms with Crippen molar-refractivity contribution < 1.29 is 4.74 Å². The molecule has 120 valence electrons. The van der Waals surface area contributed by atoms with Crippen LogP contribution in [0.25, 0.3) is 0 Å². The maximum absolute atomic E-state index is 5.56. The highest BCUT2D eigenvalue weighted by atomic mass is 16.5. The summed E-state index contributed by atoms with van der Waals surface area (Å²) in [6.45, 7) is 16.0. The SMILES string of the molecule is CCN(CCCC(C)(C)C)C(C)(C)c1ccccc1OC. The molecule has 0 fully saturated rings. The molecular weight excluding hydrogens is 258 g/mol. The van der Waals surface area contributed by atoms with Crippen molar-refractivity contribution >= 4 is 0 Å². The Kier molecular flexibility index (Phi) is 6.27. The second kappa shape index (κ2) is 7.31. The summed E-state index contributed by atoms with van der Waals surface area (Å²) in [5.74, 6) is 0.983. The first-order valence-electron chi connectivity index (χ1n) is 8.11. The molecule has 21 heavy (non-hydrogen) atoms. The summed E-state index contributed by atoms with van der Waals surface area (Å²) >= 11 is 0. The molecule has 2 nitrogen and oxygen atoms in total. The molecule has 0 saturated carbocycles. The van der Waals surface area contributed by atoms with Crippen LogP contribution in [0.1, 0.15) is 59.9 Å². The van der Waals surface area contributed by atoms with E-state index in [9.17, 15) is 0 Å². The van der Waals surface area contributed by atoms with Gasteiger partial charge in [0.15, 0.2) is 0 Å². The van der Waals surface area contributed by atoms with E-state index in [2.05, 4.69) is 64.6 Å². The third-order valence-electron chi connectivity index (χ3n) is 4.29. The maximum atomic E-state index is 5.56. The quantitative estimate of drug-likeness (QED) is 0.694. The maximum Gasteiger partial charge on any atom is 0.123 e. The van der Waals surface area contributed by atoms with Crippen molar-refractivity contribution in [3.05, 3.63) is 29.8 Å². The summed E-state index contributed by atoms with van der Waals surface area (Å²) in [5.41, 5.74) is 1.66. The molecule has 1 aromatic carbocycles. The normalized spacial score (nSPS) is 12.8. The molecular formula is C19H33NO. The summed E-state index contributed by atoms with van der Waals surface area (Å²) in [6.07, 6.45) is 2.49. The van der Waals surface area contributed by atoms with Crippen LogP contribution >= 0.6 is 0 Å². The van der Waals surface area contributed by atoms with Crippen LogP contribution in [0.5, 0.6) is 5.75 Å². The fourth-order valence-electron chi connectivity index (χ4n) is 2.95. The Hall–Kier alpha value is -1.02. The van der Waals surface area contributed by atoms with Crippen molar-refractivity contribution in [1.29, 1.82) is 0 Å². The number of methoxy groups -OCH3 is 1. The van der Waals surface area contributed by atoms with E-state index in [0.29, 0.717) is 5.41 Å². The van der Waals surface area contributed by atoms with E-state index in [-0.39, 0.29) is 5.54 Å². The van der Waals surface area contributed by atoms with Crippen LogP contribution in [-0.2, 0) is 5.54 Å². The Morgan fingerprint density at radius 1 is 1.05 bits per heavy atom. The number of rotatable bonds is 7. The van der Waals surface area contributed by atoms with Crippen molar-refractivity contribution in [2.45, 2.75) is 59.9 Å². The molecule has 0 spiro atoms. The summed E-state index contributed by atoms with van der Waals surface area (Å²) in [7, 11) is 1.75. The van der Waals surface area contributed by atoms with Gasteiger partial charge in [-0.1, -0.05) is 45.9 Å². The van der Waals surface area contributed by atoms with Crippen molar-refractivity contribution in [3.8, 4) is 5.75 Å². The van der Waals surface area contributed by atoms with Crippen LogP contribution in [0.2, 0.25) is 0 Å². The van der Waals surface area contributed by atoms with Gasteiger partial charge >= 0.3 is 0 Å². The van der Waals surface area contributed by atoms with Gasteiger partial charge in [0, 0.05) is 11.1 Å². The van der Waals surface area contributed by atoms with Crippen molar-refractivity contribution in [2.75, 3.05) is 20.2 Å². The van der Waals surface area contributed by atoms with Crippen LogP contribution in [-0.4, -0.2) is 25.1 Å². The van der Waals surface area contributed by atoms with Crippen LogP contribution in [0.4, 0.5) is 0 Å². The first-order valence-corrected chi connectivity index (χ1v) is 8.11. The van der Waals surface area contributed by atoms with Gasteiger partial charge in [-0.25, -0.2) is 0 Å². The molecule has 0 atom stereocenters. The van der Waals surface area contributed by atoms with E-state index < -0.39 is 0 Å². The molecule has 0 amide bonds. The van der Waals surface area contributed by atoms with Gasteiger partial charge in [-0.3, -0.25) is 4.90 Å². The molecule has 0 heterocycles. The fraction of sp³-hybridized carbons (Fsp3) is 0.684. The molecule has 0 bridgehead atoms. The van der Waals surface area contributed by atoms with E-state index in [1.54, 1.807) is 7.11 Å². The Morgan fingerprint density at radius 2 is 1.67 bits per heavy atom. The van der Waals surface area contributed by atoms with E-state index in [1.807, 2.05) is 6.07 Å². The molecule has 0 N–H and O–H groups in total. The molecule has 0 aliphatic heterocycles. The minimum absolute atomic E-state index is 0.0146. The number of nitrogens with zero attached hydrogens (tertiary/aromatic N) is 1. The monoisotopic (exact) mass is 291 g/mol. The molecule has 0 unspecified atom stereocenters. The first-order chi connectivity index (χ1) is 9.72. The van der Waals surface area contributed by atoms with E-state index in [4.69, 9.17) is 4.74 Å². The van der Waals surface area contributed by atoms with Gasteiger partial charge in [0.1, 0.15) is 5.75 Å². The van der Waals surface area contributed by atoms with Crippen LogP contribution < -0.4 is 4.74 Å². The highest BCUT2D eigenvalue weighted by Gasteiger charge is 2.30. The van der Waals surface area contributed by atoms with Crippen LogP contribution in [0.3, 0.4) is 0 Å². The molecule has 1 aromatic rings. The highest BCUT2D eigenvalue weighted by Crippen LogP contribution is 2.35. The minimum atomic E-state index is -0.0146. The molecule has 0 saturated heterocycles. The van der Waals surface area contributed by atoms with Gasteiger partial charge in [-0.15, -0.1) is 0 Å². The zero-order valence-corrected chi connectivity index (χ0v) is 15.0. The van der Waals surface area contributed by atoms with Crippen LogP contribution in [0, 0.1) is 5.41 Å². The van der Waals surface area contributed by atoms with Crippen molar-refractivity contribution in [1.82, 2.24) is 4.90 Å². The Bertz CT molecular complexity index is 431. The first kappa shape index (κ1) is 18.0. The number of para-hydroxylation sites is 1. The molecule has 0 aliphatic rings. The Morgan fingerprint density at radius 3 is 2.19 bits per heavy atom. The second-order valence-electron chi connectivity index (χ2n) is 7.50. The topological polar surface area (TPSA) is 12.5 Å². The van der Waals surface area contributed by atoms with E-state index in [0.717, 1.165) is 18.8 Å². The Labute approximate surface area is 131 Å². The molecule has 2 heteroatoms. The van der Waals surface area contributed by atoms with Gasteiger partial charge in [0.25, 0.3) is 0 Å². The fourth-order valence-corrected chi connectivity index (χ4v) is 2.95. The third-order valence-corrected chi connectivity index (χ3v) is 4.29.